The van der Waals surface area contributed by atoms with Crippen molar-refractivity contribution < 1.29 is 27.5 Å². The van der Waals surface area contributed by atoms with Crippen LogP contribution in [-0.2, 0) is 19.3 Å². The Morgan fingerprint density at radius 3 is 2.32 bits per heavy atom. The van der Waals surface area contributed by atoms with E-state index in [1.807, 2.05) is 0 Å². The van der Waals surface area contributed by atoms with Crippen molar-refractivity contribution in [2.75, 3.05) is 17.8 Å². The minimum Gasteiger partial charge on any atom is -0.461 e. The monoisotopic (exact) mass is 526 g/mol. The van der Waals surface area contributed by atoms with Crippen LogP contribution in [0.2, 0.25) is 10.0 Å². The third-order valence-electron chi connectivity index (χ3n) is 4.57. The Hall–Kier alpha value is -2.75. The molecule has 182 valence electrons. The first-order chi connectivity index (χ1) is 15.9. The first-order valence-corrected chi connectivity index (χ1v) is 12.7. The van der Waals surface area contributed by atoms with Gasteiger partial charge < -0.3 is 14.8 Å². The Bertz CT molecular complexity index is 1350. The fraction of sp³-hybridized carbons (Fsp3) is 0.304. The van der Waals surface area contributed by atoms with Crippen LogP contribution in [0.5, 0.6) is 0 Å². The average molecular weight is 527 g/mol. The fourth-order valence-corrected chi connectivity index (χ4v) is 4.92. The van der Waals surface area contributed by atoms with Crippen LogP contribution in [-0.4, -0.2) is 43.1 Å². The van der Waals surface area contributed by atoms with Gasteiger partial charge in [-0.3, -0.25) is 0 Å². The Labute approximate surface area is 207 Å². The topological polar surface area (TPSA) is 104 Å². The van der Waals surface area contributed by atoms with Crippen LogP contribution in [0.15, 0.2) is 47.4 Å². The number of esters is 1. The molecular weight excluding hydrogens is 503 g/mol. The zero-order chi connectivity index (χ0) is 25.3. The van der Waals surface area contributed by atoms with E-state index in [2.05, 4.69) is 5.32 Å². The van der Waals surface area contributed by atoms with Gasteiger partial charge in [0.05, 0.1) is 27.7 Å². The molecule has 0 saturated carbocycles. The number of rotatable bonds is 6. The highest BCUT2D eigenvalue weighted by molar-refractivity contribution is 7.91. The van der Waals surface area contributed by atoms with E-state index in [0.717, 1.165) is 4.57 Å². The molecule has 3 aromatic rings. The summed E-state index contributed by atoms with van der Waals surface area (Å²) in [6.45, 7) is 6.64. The molecule has 0 atom stereocenters. The van der Waals surface area contributed by atoms with Crippen LogP contribution in [0, 0.1) is 0 Å². The highest BCUT2D eigenvalue weighted by Gasteiger charge is 2.32. The number of ether oxygens (including phenoxy) is 2. The number of sulfone groups is 1. The van der Waals surface area contributed by atoms with Gasteiger partial charge in [0.15, 0.2) is 15.5 Å². The molecule has 0 aliphatic rings. The van der Waals surface area contributed by atoms with E-state index in [1.165, 1.54) is 24.3 Å². The van der Waals surface area contributed by atoms with Crippen LogP contribution >= 0.6 is 23.2 Å². The summed E-state index contributed by atoms with van der Waals surface area (Å²) < 4.78 is 37.4. The summed E-state index contributed by atoms with van der Waals surface area (Å²) in [5.41, 5.74) is -0.958. The van der Waals surface area contributed by atoms with Gasteiger partial charge in [0.2, 0.25) is 0 Å². The van der Waals surface area contributed by atoms with Crippen molar-refractivity contribution in [1.82, 2.24) is 4.57 Å². The van der Waals surface area contributed by atoms with Gasteiger partial charge in [0.25, 0.3) is 0 Å². The van der Waals surface area contributed by atoms with Crippen molar-refractivity contribution in [3.63, 3.8) is 0 Å². The van der Waals surface area contributed by atoms with E-state index in [9.17, 15) is 18.0 Å². The molecule has 0 aliphatic heterocycles. The molecule has 1 aromatic heterocycles. The van der Waals surface area contributed by atoms with Crippen LogP contribution in [0.25, 0.3) is 10.9 Å². The second kappa shape index (κ2) is 9.85. The molecule has 0 radical (unpaired) electrons. The van der Waals surface area contributed by atoms with Crippen molar-refractivity contribution in [1.29, 1.82) is 0 Å². The third kappa shape index (κ3) is 5.48. The van der Waals surface area contributed by atoms with E-state index in [1.54, 1.807) is 45.9 Å². The predicted octanol–water partition coefficient (Wildman–Crippen LogP) is 5.75. The van der Waals surface area contributed by atoms with Gasteiger partial charge in [-0.25, -0.2) is 22.6 Å². The predicted molar refractivity (Wildman–Crippen MR) is 132 cm³/mol. The quantitative estimate of drug-likeness (QED) is 0.407. The van der Waals surface area contributed by atoms with Crippen LogP contribution < -0.4 is 5.32 Å². The van der Waals surface area contributed by atoms with Gasteiger partial charge in [0.1, 0.15) is 11.5 Å². The normalized spacial score (nSPS) is 11.9. The Morgan fingerprint density at radius 1 is 1.09 bits per heavy atom. The lowest BCUT2D eigenvalue weighted by atomic mass is 10.2. The molecule has 1 N–H and O–H groups in total. The van der Waals surface area contributed by atoms with Crippen molar-refractivity contribution in [3.05, 3.63) is 58.2 Å². The molecule has 0 unspecified atom stereocenters. The first kappa shape index (κ1) is 25.9. The number of carbonyl (C=O) groups excluding carboxylic acids is 2. The van der Waals surface area contributed by atoms with Crippen molar-refractivity contribution >= 4 is 61.7 Å². The average Bonchev–Trinajstić information content (AvgIpc) is 3.06. The molecule has 1 heterocycles. The van der Waals surface area contributed by atoms with Gasteiger partial charge in [0, 0.05) is 10.4 Å². The largest absolute Gasteiger partial charge is 0.461 e. The standard InChI is InChI=1S/C23H24Cl2N2O6S/c1-5-32-21(28)20-19(26-13-34(30,31)15-9-7-6-8-10-15)18-16(25)11-14(24)12-17(18)27(20)22(29)33-23(2,3)4/h6-12,26H,5,13H2,1-4H3. The number of benzene rings is 2. The number of carbonyl (C=O) groups is 2. The van der Waals surface area contributed by atoms with Gasteiger partial charge >= 0.3 is 12.1 Å². The summed E-state index contributed by atoms with van der Waals surface area (Å²) in [4.78, 5) is 26.3. The smallest absolute Gasteiger partial charge is 0.419 e. The lowest BCUT2D eigenvalue weighted by Crippen LogP contribution is -2.29. The summed E-state index contributed by atoms with van der Waals surface area (Å²) in [5.74, 6) is -1.44. The summed E-state index contributed by atoms with van der Waals surface area (Å²) in [5, 5.41) is 3.33. The number of fused-ring (bicyclic) bond motifs is 1. The van der Waals surface area contributed by atoms with Crippen LogP contribution in [0.1, 0.15) is 38.2 Å². The van der Waals surface area contributed by atoms with Gasteiger partial charge in [-0.2, -0.15) is 0 Å². The van der Waals surface area contributed by atoms with Crippen molar-refractivity contribution in [2.24, 2.45) is 0 Å². The highest BCUT2D eigenvalue weighted by Crippen LogP contribution is 2.39. The SMILES string of the molecule is CCOC(=O)c1c(NCS(=O)(=O)c2ccccc2)c2c(Cl)cc(Cl)cc2n1C(=O)OC(C)(C)C. The molecule has 3 rings (SSSR count). The minimum absolute atomic E-state index is 0.0143. The molecule has 0 aliphatic carbocycles. The van der Waals surface area contributed by atoms with Crippen molar-refractivity contribution in [3.8, 4) is 0 Å². The van der Waals surface area contributed by atoms with E-state index in [0.29, 0.717) is 0 Å². The molecule has 0 bridgehead atoms. The number of nitrogens with one attached hydrogen (secondary N) is 1. The maximum atomic E-state index is 13.2. The zero-order valence-electron chi connectivity index (χ0n) is 19.0. The maximum Gasteiger partial charge on any atom is 0.419 e. The molecular formula is C23H24Cl2N2O6S. The molecule has 0 saturated heterocycles. The van der Waals surface area contributed by atoms with Crippen LogP contribution in [0.4, 0.5) is 10.5 Å². The molecule has 11 heteroatoms. The van der Waals surface area contributed by atoms with E-state index in [-0.39, 0.29) is 43.8 Å². The summed E-state index contributed by atoms with van der Waals surface area (Å²) in [7, 11) is -3.80. The van der Waals surface area contributed by atoms with Gasteiger partial charge in [-0.1, -0.05) is 41.4 Å². The third-order valence-corrected chi connectivity index (χ3v) is 6.60. The first-order valence-electron chi connectivity index (χ1n) is 10.3. The molecule has 0 spiro atoms. The van der Waals surface area contributed by atoms with Gasteiger partial charge in [-0.05, 0) is 52.0 Å². The maximum absolute atomic E-state index is 13.2. The minimum atomic E-state index is -3.80. The fourth-order valence-electron chi connectivity index (χ4n) is 3.27. The Morgan fingerprint density at radius 2 is 1.74 bits per heavy atom. The number of aromatic nitrogens is 1. The van der Waals surface area contributed by atoms with Crippen LogP contribution in [0.3, 0.4) is 0 Å². The molecule has 2 aromatic carbocycles. The summed E-state index contributed by atoms with van der Waals surface area (Å²) in [6, 6.07) is 10.7. The second-order valence-corrected chi connectivity index (χ2v) is 11.1. The lowest BCUT2D eigenvalue weighted by molar-refractivity contribution is 0.0455. The number of anilines is 1. The van der Waals surface area contributed by atoms with E-state index in [4.69, 9.17) is 32.7 Å². The Balaban J connectivity index is 2.24. The molecule has 8 nitrogen and oxygen atoms in total. The number of hydrogen-bond acceptors (Lipinski definition) is 7. The summed E-state index contributed by atoms with van der Waals surface area (Å²) in [6.07, 6.45) is -0.877. The van der Waals surface area contributed by atoms with Gasteiger partial charge in [-0.15, -0.1) is 0 Å². The Kier molecular flexibility index (Phi) is 7.50. The number of hydrogen-bond donors (Lipinski definition) is 1. The van der Waals surface area contributed by atoms with E-state index >= 15 is 0 Å². The zero-order valence-corrected chi connectivity index (χ0v) is 21.3. The number of halogens is 2. The second-order valence-electron chi connectivity index (χ2n) is 8.29. The van der Waals surface area contributed by atoms with E-state index < -0.39 is 33.4 Å². The summed E-state index contributed by atoms with van der Waals surface area (Å²) >= 11 is 12.6. The lowest BCUT2D eigenvalue weighted by Gasteiger charge is -2.21. The molecule has 0 amide bonds. The molecule has 0 fully saturated rings. The number of nitrogens with zero attached hydrogens (tertiary/aromatic N) is 1. The highest BCUT2D eigenvalue weighted by atomic mass is 35.5. The molecule has 34 heavy (non-hydrogen) atoms. The van der Waals surface area contributed by atoms with Crippen molar-refractivity contribution in [2.45, 2.75) is 38.2 Å².